The predicted octanol–water partition coefficient (Wildman–Crippen LogP) is 5.56. The van der Waals surface area contributed by atoms with Gasteiger partial charge in [-0.2, -0.15) is 0 Å². The Morgan fingerprint density at radius 3 is 1.82 bits per heavy atom. The van der Waals surface area contributed by atoms with Gasteiger partial charge in [0.05, 0.1) is 6.61 Å². The van der Waals surface area contributed by atoms with Gasteiger partial charge in [0, 0.05) is 11.1 Å². The zero-order chi connectivity index (χ0) is 16.5. The van der Waals surface area contributed by atoms with E-state index in [4.69, 9.17) is 4.74 Å². The predicted molar refractivity (Wildman–Crippen MR) is 93.0 cm³/mol. The second-order valence-electron chi connectivity index (χ2n) is 8.83. The largest absolute Gasteiger partial charge is 0.507 e. The Morgan fingerprint density at radius 1 is 0.955 bits per heavy atom. The lowest BCUT2D eigenvalue weighted by molar-refractivity contribution is 0.250. The van der Waals surface area contributed by atoms with Crippen LogP contribution in [0.3, 0.4) is 0 Å². The minimum Gasteiger partial charge on any atom is -0.507 e. The van der Waals surface area contributed by atoms with Gasteiger partial charge in [-0.3, -0.25) is 0 Å². The normalized spacial score (nSPS) is 17.0. The van der Waals surface area contributed by atoms with E-state index in [9.17, 15) is 5.11 Å². The Kier molecular flexibility index (Phi) is 4.79. The third-order valence-corrected chi connectivity index (χ3v) is 4.66. The second kappa shape index (κ2) is 6.14. The van der Waals surface area contributed by atoms with Crippen LogP contribution in [0.4, 0.5) is 0 Å². The number of ether oxygens (including phenoxy) is 1. The average Bonchev–Trinajstić information content (AvgIpc) is 2.87. The molecule has 1 saturated carbocycles. The van der Waals surface area contributed by atoms with E-state index >= 15 is 0 Å². The minimum absolute atomic E-state index is 0.100. The van der Waals surface area contributed by atoms with E-state index in [0.717, 1.165) is 23.5 Å². The third kappa shape index (κ3) is 3.97. The first-order chi connectivity index (χ1) is 10.1. The van der Waals surface area contributed by atoms with E-state index < -0.39 is 0 Å². The number of rotatable bonds is 3. The molecule has 0 spiro atoms. The Hall–Kier alpha value is -1.18. The maximum absolute atomic E-state index is 10.7. The summed E-state index contributed by atoms with van der Waals surface area (Å²) in [6.07, 6.45) is 5.25. The minimum atomic E-state index is -0.100. The summed E-state index contributed by atoms with van der Waals surface area (Å²) in [5.74, 6) is 2.03. The molecule has 0 bridgehead atoms. The fourth-order valence-electron chi connectivity index (χ4n) is 3.23. The highest BCUT2D eigenvalue weighted by molar-refractivity contribution is 5.51. The van der Waals surface area contributed by atoms with Crippen molar-refractivity contribution in [2.75, 3.05) is 6.61 Å². The summed E-state index contributed by atoms with van der Waals surface area (Å²) in [5.41, 5.74) is 1.75. The van der Waals surface area contributed by atoms with Gasteiger partial charge in [-0.1, -0.05) is 54.4 Å². The van der Waals surface area contributed by atoms with Crippen LogP contribution in [0.1, 0.15) is 78.4 Å². The molecule has 0 atom stereocenters. The summed E-state index contributed by atoms with van der Waals surface area (Å²) in [6, 6.07) is 4.05. The summed E-state index contributed by atoms with van der Waals surface area (Å²) in [6.45, 7) is 13.6. The van der Waals surface area contributed by atoms with E-state index in [0.29, 0.717) is 11.7 Å². The molecule has 1 aliphatic rings. The van der Waals surface area contributed by atoms with Crippen LogP contribution in [0, 0.1) is 5.92 Å². The van der Waals surface area contributed by atoms with Crippen LogP contribution in [0.25, 0.3) is 0 Å². The highest BCUT2D eigenvalue weighted by Gasteiger charge is 2.27. The highest BCUT2D eigenvalue weighted by Crippen LogP contribution is 2.41. The van der Waals surface area contributed by atoms with Crippen LogP contribution in [0.2, 0.25) is 0 Å². The van der Waals surface area contributed by atoms with Crippen LogP contribution >= 0.6 is 0 Å². The first-order valence-corrected chi connectivity index (χ1v) is 8.60. The Bertz CT molecular complexity index is 476. The molecule has 0 aliphatic heterocycles. The fourth-order valence-corrected chi connectivity index (χ4v) is 3.23. The van der Waals surface area contributed by atoms with E-state index in [1.54, 1.807) is 0 Å². The Morgan fingerprint density at radius 2 is 1.41 bits per heavy atom. The van der Waals surface area contributed by atoms with Gasteiger partial charge in [0.1, 0.15) is 11.5 Å². The number of phenolic OH excluding ortho intramolecular Hbond substituents is 1. The monoisotopic (exact) mass is 304 g/mol. The average molecular weight is 304 g/mol. The third-order valence-electron chi connectivity index (χ3n) is 4.66. The molecule has 1 aromatic rings. The quantitative estimate of drug-likeness (QED) is 0.792. The van der Waals surface area contributed by atoms with Gasteiger partial charge in [-0.25, -0.2) is 0 Å². The second-order valence-corrected chi connectivity index (χ2v) is 8.83. The molecular weight excluding hydrogens is 272 g/mol. The fraction of sp³-hybridized carbons (Fsp3) is 0.700. The molecular formula is C20H32O2. The summed E-state index contributed by atoms with van der Waals surface area (Å²) in [5, 5.41) is 10.7. The van der Waals surface area contributed by atoms with Crippen LogP contribution in [0.5, 0.6) is 11.5 Å². The van der Waals surface area contributed by atoms with E-state index in [2.05, 4.69) is 41.5 Å². The first kappa shape index (κ1) is 17.2. The lowest BCUT2D eigenvalue weighted by Gasteiger charge is -2.28. The number of hydrogen-bond acceptors (Lipinski definition) is 2. The lowest BCUT2D eigenvalue weighted by Crippen LogP contribution is -2.18. The standard InChI is InChI=1S/C20H32O2/c1-19(2,3)16-11-15(22-13-14-9-7-8-10-14)12-17(18(16)21)20(4,5)6/h11-12,14,21H,7-10,13H2,1-6H3. The number of benzene rings is 1. The number of phenols is 1. The van der Waals surface area contributed by atoms with E-state index in [1.165, 1.54) is 25.7 Å². The van der Waals surface area contributed by atoms with Gasteiger partial charge in [0.2, 0.25) is 0 Å². The maximum Gasteiger partial charge on any atom is 0.123 e. The molecule has 2 rings (SSSR count). The van der Waals surface area contributed by atoms with E-state index in [-0.39, 0.29) is 10.8 Å². The van der Waals surface area contributed by atoms with Crippen molar-refractivity contribution in [3.8, 4) is 11.5 Å². The SMILES string of the molecule is CC(C)(C)c1cc(OCC2CCCC2)cc(C(C)(C)C)c1O. The summed E-state index contributed by atoms with van der Waals surface area (Å²) in [7, 11) is 0. The topological polar surface area (TPSA) is 29.5 Å². The Labute approximate surface area is 135 Å². The number of aromatic hydroxyl groups is 1. The molecule has 2 heteroatoms. The zero-order valence-corrected chi connectivity index (χ0v) is 15.1. The van der Waals surface area contributed by atoms with Gasteiger partial charge < -0.3 is 9.84 Å². The highest BCUT2D eigenvalue weighted by atomic mass is 16.5. The van der Waals surface area contributed by atoms with Crippen molar-refractivity contribution in [1.29, 1.82) is 0 Å². The van der Waals surface area contributed by atoms with Crippen molar-refractivity contribution in [3.63, 3.8) is 0 Å². The van der Waals surface area contributed by atoms with Crippen LogP contribution in [-0.2, 0) is 10.8 Å². The molecule has 0 radical (unpaired) electrons. The molecule has 1 aliphatic carbocycles. The molecule has 0 unspecified atom stereocenters. The molecule has 1 fully saturated rings. The summed E-state index contributed by atoms with van der Waals surface area (Å²) < 4.78 is 6.11. The van der Waals surface area contributed by atoms with Gasteiger partial charge in [-0.15, -0.1) is 0 Å². The molecule has 0 aromatic heterocycles. The van der Waals surface area contributed by atoms with E-state index in [1.807, 2.05) is 12.1 Å². The smallest absolute Gasteiger partial charge is 0.123 e. The van der Waals surface area contributed by atoms with Crippen molar-refractivity contribution < 1.29 is 9.84 Å². The molecule has 0 heterocycles. The summed E-state index contributed by atoms with van der Waals surface area (Å²) in [4.78, 5) is 0. The molecule has 124 valence electrons. The molecule has 0 saturated heterocycles. The number of hydrogen-bond donors (Lipinski definition) is 1. The Balaban J connectivity index is 2.32. The first-order valence-electron chi connectivity index (χ1n) is 8.60. The van der Waals surface area contributed by atoms with Gasteiger partial charge in [-0.05, 0) is 41.7 Å². The van der Waals surface area contributed by atoms with Crippen molar-refractivity contribution in [3.05, 3.63) is 23.3 Å². The molecule has 2 nitrogen and oxygen atoms in total. The van der Waals surface area contributed by atoms with Crippen molar-refractivity contribution in [2.24, 2.45) is 5.92 Å². The zero-order valence-electron chi connectivity index (χ0n) is 15.1. The van der Waals surface area contributed by atoms with Crippen LogP contribution < -0.4 is 4.74 Å². The van der Waals surface area contributed by atoms with Crippen LogP contribution in [-0.4, -0.2) is 11.7 Å². The van der Waals surface area contributed by atoms with Crippen molar-refractivity contribution in [1.82, 2.24) is 0 Å². The van der Waals surface area contributed by atoms with Crippen LogP contribution in [0.15, 0.2) is 12.1 Å². The molecule has 1 N–H and O–H groups in total. The molecule has 0 amide bonds. The van der Waals surface area contributed by atoms with Gasteiger partial charge in [0.25, 0.3) is 0 Å². The summed E-state index contributed by atoms with van der Waals surface area (Å²) >= 11 is 0. The van der Waals surface area contributed by atoms with Crippen molar-refractivity contribution >= 4 is 0 Å². The van der Waals surface area contributed by atoms with Gasteiger partial charge in [0.15, 0.2) is 0 Å². The maximum atomic E-state index is 10.7. The molecule has 22 heavy (non-hydrogen) atoms. The van der Waals surface area contributed by atoms with Gasteiger partial charge >= 0.3 is 0 Å². The molecule has 1 aromatic carbocycles. The van der Waals surface area contributed by atoms with Crippen molar-refractivity contribution in [2.45, 2.75) is 78.1 Å². The lowest BCUT2D eigenvalue weighted by atomic mass is 9.79.